The third-order valence-corrected chi connectivity index (χ3v) is 8.61. The van der Waals surface area contributed by atoms with Crippen molar-refractivity contribution >= 4 is 10.8 Å². The van der Waals surface area contributed by atoms with E-state index in [4.69, 9.17) is 9.47 Å². The third kappa shape index (κ3) is 5.69. The first-order chi connectivity index (χ1) is 15.5. The van der Waals surface area contributed by atoms with E-state index in [0.717, 1.165) is 49.0 Å². The van der Waals surface area contributed by atoms with Gasteiger partial charge in [-0.05, 0) is 91.9 Å². The molecule has 2 aromatic rings. The van der Waals surface area contributed by atoms with Gasteiger partial charge in [0, 0.05) is 11.5 Å². The SMILES string of the molecule is Cc1c(OC2CCC(C(C)(C)C)CC2)cc(OC2CCC(C(C)(C)C)CC2)c2ccccc12. The molecular weight excluding hydrogens is 404 g/mol. The fraction of sp³-hybridized carbons (Fsp3) is 0.677. The molecular formula is C31H46O2. The van der Waals surface area contributed by atoms with Crippen molar-refractivity contribution < 1.29 is 9.47 Å². The second-order valence-electron chi connectivity index (χ2n) is 13.0. The summed E-state index contributed by atoms with van der Waals surface area (Å²) in [6.07, 6.45) is 10.3. The summed E-state index contributed by atoms with van der Waals surface area (Å²) in [5.74, 6) is 3.63. The molecule has 2 nitrogen and oxygen atoms in total. The number of benzene rings is 2. The van der Waals surface area contributed by atoms with Gasteiger partial charge in [0.15, 0.2) is 0 Å². The Balaban J connectivity index is 1.50. The summed E-state index contributed by atoms with van der Waals surface area (Å²) in [6.45, 7) is 16.5. The van der Waals surface area contributed by atoms with Crippen LogP contribution in [0.25, 0.3) is 10.8 Å². The van der Waals surface area contributed by atoms with Crippen molar-refractivity contribution in [3.63, 3.8) is 0 Å². The second-order valence-corrected chi connectivity index (χ2v) is 13.0. The Hall–Kier alpha value is -1.70. The Labute approximate surface area is 202 Å². The molecule has 0 atom stereocenters. The first kappa shape index (κ1) is 24.4. The van der Waals surface area contributed by atoms with Crippen LogP contribution in [0, 0.1) is 29.6 Å². The molecule has 4 rings (SSSR count). The molecule has 0 aromatic heterocycles. The highest BCUT2D eigenvalue weighted by molar-refractivity contribution is 5.92. The summed E-state index contributed by atoms with van der Waals surface area (Å²) < 4.78 is 13.4. The molecule has 0 heterocycles. The van der Waals surface area contributed by atoms with Crippen molar-refractivity contribution in [2.75, 3.05) is 0 Å². The lowest BCUT2D eigenvalue weighted by Crippen LogP contribution is -2.31. The van der Waals surface area contributed by atoms with Crippen LogP contribution in [-0.4, -0.2) is 12.2 Å². The number of hydrogen-bond acceptors (Lipinski definition) is 2. The fourth-order valence-electron chi connectivity index (χ4n) is 6.14. The van der Waals surface area contributed by atoms with Crippen LogP contribution in [0.1, 0.15) is 98.5 Å². The normalized spacial score (nSPS) is 26.9. The van der Waals surface area contributed by atoms with Gasteiger partial charge < -0.3 is 9.47 Å². The maximum atomic E-state index is 6.70. The first-order valence-corrected chi connectivity index (χ1v) is 13.4. The molecule has 2 heteroatoms. The molecule has 0 saturated heterocycles. The average Bonchev–Trinajstić information content (AvgIpc) is 2.76. The van der Waals surface area contributed by atoms with Gasteiger partial charge >= 0.3 is 0 Å². The maximum absolute atomic E-state index is 6.70. The second kappa shape index (κ2) is 9.51. The molecule has 33 heavy (non-hydrogen) atoms. The fourth-order valence-corrected chi connectivity index (χ4v) is 6.14. The van der Waals surface area contributed by atoms with E-state index in [1.807, 2.05) is 0 Å². The molecule has 182 valence electrons. The highest BCUT2D eigenvalue weighted by atomic mass is 16.5. The predicted molar refractivity (Wildman–Crippen MR) is 140 cm³/mol. The molecule has 0 amide bonds. The summed E-state index contributed by atoms with van der Waals surface area (Å²) in [5, 5.41) is 2.48. The topological polar surface area (TPSA) is 18.5 Å². The molecule has 2 fully saturated rings. The van der Waals surface area contributed by atoms with Crippen LogP contribution in [0.4, 0.5) is 0 Å². The third-order valence-electron chi connectivity index (χ3n) is 8.61. The molecule has 0 aliphatic heterocycles. The summed E-state index contributed by atoms with van der Waals surface area (Å²) in [4.78, 5) is 0. The maximum Gasteiger partial charge on any atom is 0.131 e. The van der Waals surface area contributed by atoms with Gasteiger partial charge in [0.25, 0.3) is 0 Å². The zero-order valence-corrected chi connectivity index (χ0v) is 22.2. The summed E-state index contributed by atoms with van der Waals surface area (Å²) in [6, 6.07) is 10.9. The van der Waals surface area contributed by atoms with Gasteiger partial charge in [-0.25, -0.2) is 0 Å². The zero-order chi connectivity index (χ0) is 23.8. The molecule has 2 aliphatic rings. The quantitative estimate of drug-likeness (QED) is 0.462. The Morgan fingerprint density at radius 3 is 1.48 bits per heavy atom. The van der Waals surface area contributed by atoms with E-state index < -0.39 is 0 Å². The largest absolute Gasteiger partial charge is 0.490 e. The van der Waals surface area contributed by atoms with Gasteiger partial charge in [0.2, 0.25) is 0 Å². The van der Waals surface area contributed by atoms with Crippen LogP contribution in [0.3, 0.4) is 0 Å². The number of hydrogen-bond donors (Lipinski definition) is 0. The molecule has 2 aliphatic carbocycles. The highest BCUT2D eigenvalue weighted by Gasteiger charge is 2.32. The Kier molecular flexibility index (Phi) is 7.04. The molecule has 0 bridgehead atoms. The summed E-state index contributed by atoms with van der Waals surface area (Å²) in [7, 11) is 0. The molecule has 0 radical (unpaired) electrons. The number of rotatable bonds is 4. The molecule has 0 unspecified atom stereocenters. The standard InChI is InChI=1S/C31H46O2/c1-21-26-10-8-9-11-27(26)29(33-25-18-14-23(15-19-25)31(5,6)7)20-28(21)32-24-16-12-22(13-17-24)30(2,3)4/h8-11,20,22-25H,12-19H2,1-7H3. The van der Waals surface area contributed by atoms with Crippen molar-refractivity contribution in [2.24, 2.45) is 22.7 Å². The van der Waals surface area contributed by atoms with Crippen LogP contribution in [0.5, 0.6) is 11.5 Å². The van der Waals surface area contributed by atoms with Crippen LogP contribution < -0.4 is 9.47 Å². The van der Waals surface area contributed by atoms with E-state index in [1.54, 1.807) is 0 Å². The van der Waals surface area contributed by atoms with E-state index in [1.165, 1.54) is 42.0 Å². The smallest absolute Gasteiger partial charge is 0.131 e. The van der Waals surface area contributed by atoms with E-state index in [2.05, 4.69) is 78.8 Å². The van der Waals surface area contributed by atoms with Crippen LogP contribution in [0.15, 0.2) is 30.3 Å². The number of ether oxygens (including phenoxy) is 2. The van der Waals surface area contributed by atoms with Gasteiger partial charge in [-0.15, -0.1) is 0 Å². The Bertz CT molecular complexity index is 930. The van der Waals surface area contributed by atoms with E-state index in [-0.39, 0.29) is 0 Å². The molecule has 0 spiro atoms. The lowest BCUT2D eigenvalue weighted by Gasteiger charge is -2.37. The van der Waals surface area contributed by atoms with Gasteiger partial charge in [0.1, 0.15) is 11.5 Å². The summed E-state index contributed by atoms with van der Waals surface area (Å²) >= 11 is 0. The first-order valence-electron chi connectivity index (χ1n) is 13.4. The van der Waals surface area contributed by atoms with E-state index in [0.29, 0.717) is 23.0 Å². The predicted octanol–water partition coefficient (Wildman–Crippen LogP) is 9.12. The lowest BCUT2D eigenvalue weighted by atomic mass is 9.72. The van der Waals surface area contributed by atoms with Gasteiger partial charge in [0.05, 0.1) is 12.2 Å². The minimum Gasteiger partial charge on any atom is -0.490 e. The molecule has 2 aromatic carbocycles. The van der Waals surface area contributed by atoms with Crippen molar-refractivity contribution in [3.8, 4) is 11.5 Å². The van der Waals surface area contributed by atoms with Gasteiger partial charge in [-0.3, -0.25) is 0 Å². The van der Waals surface area contributed by atoms with Crippen molar-refractivity contribution in [2.45, 2.75) is 112 Å². The lowest BCUT2D eigenvalue weighted by molar-refractivity contribution is 0.0840. The van der Waals surface area contributed by atoms with Crippen LogP contribution >= 0.6 is 0 Å². The number of aryl methyl sites for hydroxylation is 1. The molecule has 2 saturated carbocycles. The summed E-state index contributed by atoms with van der Waals surface area (Å²) in [5.41, 5.74) is 2.04. The highest BCUT2D eigenvalue weighted by Crippen LogP contribution is 2.43. The van der Waals surface area contributed by atoms with Crippen molar-refractivity contribution in [3.05, 3.63) is 35.9 Å². The minimum absolute atomic E-state index is 0.310. The Morgan fingerprint density at radius 1 is 0.606 bits per heavy atom. The minimum atomic E-state index is 0.310. The van der Waals surface area contributed by atoms with Crippen LogP contribution in [0.2, 0.25) is 0 Å². The average molecular weight is 451 g/mol. The van der Waals surface area contributed by atoms with E-state index >= 15 is 0 Å². The van der Waals surface area contributed by atoms with Crippen LogP contribution in [-0.2, 0) is 0 Å². The van der Waals surface area contributed by atoms with E-state index in [9.17, 15) is 0 Å². The monoisotopic (exact) mass is 450 g/mol. The van der Waals surface area contributed by atoms with Crippen molar-refractivity contribution in [1.82, 2.24) is 0 Å². The van der Waals surface area contributed by atoms with Gasteiger partial charge in [-0.1, -0.05) is 65.8 Å². The Morgan fingerprint density at radius 2 is 1.03 bits per heavy atom. The number of fused-ring (bicyclic) bond motifs is 1. The van der Waals surface area contributed by atoms with Crippen molar-refractivity contribution in [1.29, 1.82) is 0 Å². The zero-order valence-electron chi connectivity index (χ0n) is 22.2. The van der Waals surface area contributed by atoms with Gasteiger partial charge in [-0.2, -0.15) is 0 Å². The molecule has 0 N–H and O–H groups in total.